The van der Waals surface area contributed by atoms with Crippen LogP contribution in [-0.4, -0.2) is 18.2 Å². The lowest BCUT2D eigenvalue weighted by Gasteiger charge is -2.12. The van der Waals surface area contributed by atoms with Gasteiger partial charge in [-0.25, -0.2) is 0 Å². The third-order valence-corrected chi connectivity index (χ3v) is 4.10. The van der Waals surface area contributed by atoms with E-state index in [0.29, 0.717) is 5.19 Å². The zero-order valence-electron chi connectivity index (χ0n) is 9.59. The minimum Gasteiger partial charge on any atom is -0.408 e. The minimum absolute atomic E-state index is 0.608. The van der Waals surface area contributed by atoms with Gasteiger partial charge in [0.05, 0.1) is 0 Å². The molecule has 0 unspecified atom stereocenters. The second-order valence-corrected chi connectivity index (χ2v) is 6.84. The molecule has 88 valence electrons. The fraction of sp³-hybridized carbons (Fsp3) is 0.0769. The average Bonchev–Trinajstić information content (AvgIpc) is 2.29. The summed E-state index contributed by atoms with van der Waals surface area (Å²) in [7, 11) is -3.19. The molecule has 0 aliphatic carbocycles. The Morgan fingerprint density at radius 2 is 1.24 bits per heavy atom. The van der Waals surface area contributed by atoms with Crippen molar-refractivity contribution in [3.05, 3.63) is 48.5 Å². The Labute approximate surface area is 101 Å². The number of hydrogen-bond donors (Lipinski definition) is 3. The molecule has 0 saturated heterocycles. The molecule has 0 saturated carbocycles. The monoisotopic (exact) mass is 245 g/mol. The number of nitrogens with two attached hydrogens (primary N) is 1. The van der Waals surface area contributed by atoms with Crippen LogP contribution in [0.5, 0.6) is 0 Å². The van der Waals surface area contributed by atoms with Crippen LogP contribution in [-0.2, 0) is 0 Å². The Kier molecular flexibility index (Phi) is 3.02. The standard InChI is InChI=1S/C13H15NO2Si/c1-17(15,16)13-8-4-11(5-9-13)10-2-6-12(14)7-3-10/h2-9,15-16H,14H2,1H3. The summed E-state index contributed by atoms with van der Waals surface area (Å²) in [5.74, 6) is 0. The summed E-state index contributed by atoms with van der Waals surface area (Å²) < 4.78 is 0. The molecule has 2 rings (SSSR count). The molecule has 0 aliphatic heterocycles. The molecular formula is C13H15NO2Si. The molecule has 3 nitrogen and oxygen atoms in total. The maximum absolute atomic E-state index is 9.56. The lowest BCUT2D eigenvalue weighted by molar-refractivity contribution is 0.392. The van der Waals surface area contributed by atoms with Crippen molar-refractivity contribution in [2.24, 2.45) is 0 Å². The van der Waals surface area contributed by atoms with E-state index in [4.69, 9.17) is 5.73 Å². The first-order valence-corrected chi connectivity index (χ1v) is 7.77. The normalized spacial score (nSPS) is 11.5. The van der Waals surface area contributed by atoms with E-state index in [1.54, 1.807) is 12.1 Å². The van der Waals surface area contributed by atoms with E-state index in [-0.39, 0.29) is 0 Å². The van der Waals surface area contributed by atoms with Crippen molar-refractivity contribution >= 4 is 19.4 Å². The maximum Gasteiger partial charge on any atom is 0.363 e. The second kappa shape index (κ2) is 4.33. The van der Waals surface area contributed by atoms with Crippen molar-refractivity contribution in [1.29, 1.82) is 0 Å². The summed E-state index contributed by atoms with van der Waals surface area (Å²) in [6, 6.07) is 14.9. The molecule has 2 aromatic rings. The lowest BCUT2D eigenvalue weighted by atomic mass is 10.1. The largest absolute Gasteiger partial charge is 0.408 e. The van der Waals surface area contributed by atoms with Gasteiger partial charge in [-0.1, -0.05) is 36.4 Å². The SMILES string of the molecule is C[Si](O)(O)c1ccc(-c2ccc(N)cc2)cc1. The molecule has 0 amide bonds. The fourth-order valence-corrected chi connectivity index (χ4v) is 2.45. The van der Waals surface area contributed by atoms with Crippen LogP contribution >= 0.6 is 0 Å². The fourth-order valence-electron chi connectivity index (χ4n) is 1.65. The zero-order valence-corrected chi connectivity index (χ0v) is 10.6. The number of anilines is 1. The maximum atomic E-state index is 9.56. The van der Waals surface area contributed by atoms with Gasteiger partial charge in [-0.3, -0.25) is 0 Å². The Bertz CT molecular complexity index is 500. The Morgan fingerprint density at radius 1 is 0.824 bits per heavy atom. The molecule has 4 N–H and O–H groups in total. The highest BCUT2D eigenvalue weighted by molar-refractivity contribution is 6.77. The molecule has 0 aliphatic rings. The smallest absolute Gasteiger partial charge is 0.363 e. The second-order valence-electron chi connectivity index (χ2n) is 4.22. The predicted octanol–water partition coefficient (Wildman–Crippen LogP) is 1.20. The van der Waals surface area contributed by atoms with Crippen molar-refractivity contribution in [3.63, 3.8) is 0 Å². The summed E-state index contributed by atoms with van der Waals surface area (Å²) in [6.07, 6.45) is 0. The summed E-state index contributed by atoms with van der Waals surface area (Å²) in [4.78, 5) is 19.1. The van der Waals surface area contributed by atoms with Gasteiger partial charge >= 0.3 is 8.56 Å². The van der Waals surface area contributed by atoms with Crippen LogP contribution in [0.15, 0.2) is 48.5 Å². The summed E-state index contributed by atoms with van der Waals surface area (Å²) in [5, 5.41) is 0.608. The Hall–Kier alpha value is -1.62. The number of benzene rings is 2. The van der Waals surface area contributed by atoms with E-state index in [2.05, 4.69) is 0 Å². The van der Waals surface area contributed by atoms with Gasteiger partial charge in [-0.15, -0.1) is 0 Å². The van der Waals surface area contributed by atoms with Gasteiger partial charge in [0.15, 0.2) is 0 Å². The highest BCUT2D eigenvalue weighted by Crippen LogP contribution is 2.19. The van der Waals surface area contributed by atoms with Gasteiger partial charge < -0.3 is 15.3 Å². The highest BCUT2D eigenvalue weighted by atomic mass is 28.4. The predicted molar refractivity (Wildman–Crippen MR) is 72.0 cm³/mol. The molecule has 0 aromatic heterocycles. The van der Waals surface area contributed by atoms with Crippen molar-refractivity contribution in [2.75, 3.05) is 5.73 Å². The van der Waals surface area contributed by atoms with Crippen LogP contribution in [0, 0.1) is 0 Å². The molecule has 17 heavy (non-hydrogen) atoms. The van der Waals surface area contributed by atoms with Crippen LogP contribution in [0.25, 0.3) is 11.1 Å². The van der Waals surface area contributed by atoms with Gasteiger partial charge in [0.2, 0.25) is 0 Å². The summed E-state index contributed by atoms with van der Waals surface area (Å²) in [5.41, 5.74) is 8.45. The topological polar surface area (TPSA) is 66.5 Å². The van der Waals surface area contributed by atoms with Crippen molar-refractivity contribution in [3.8, 4) is 11.1 Å². The number of rotatable bonds is 2. The first kappa shape index (κ1) is 11.9. The molecule has 0 bridgehead atoms. The third-order valence-electron chi connectivity index (χ3n) is 2.68. The van der Waals surface area contributed by atoms with Gasteiger partial charge in [-0.05, 0) is 35.0 Å². The van der Waals surface area contributed by atoms with Gasteiger partial charge in [0.1, 0.15) is 0 Å². The highest BCUT2D eigenvalue weighted by Gasteiger charge is 2.24. The van der Waals surface area contributed by atoms with Gasteiger partial charge in [-0.2, -0.15) is 0 Å². The molecule has 2 aromatic carbocycles. The molecule has 0 fully saturated rings. The minimum atomic E-state index is -3.19. The van der Waals surface area contributed by atoms with E-state index < -0.39 is 8.56 Å². The van der Waals surface area contributed by atoms with Crippen LogP contribution in [0.4, 0.5) is 5.69 Å². The third kappa shape index (κ3) is 2.74. The molecular weight excluding hydrogens is 230 g/mol. The number of hydrogen-bond acceptors (Lipinski definition) is 3. The first-order valence-electron chi connectivity index (χ1n) is 5.38. The van der Waals surface area contributed by atoms with E-state index in [0.717, 1.165) is 16.8 Å². The Balaban J connectivity index is 2.33. The van der Waals surface area contributed by atoms with Crippen LogP contribution in [0.2, 0.25) is 6.55 Å². The zero-order chi connectivity index (χ0) is 12.5. The van der Waals surface area contributed by atoms with Gasteiger partial charge in [0.25, 0.3) is 0 Å². The molecule has 4 heteroatoms. The van der Waals surface area contributed by atoms with E-state index in [9.17, 15) is 9.59 Å². The van der Waals surface area contributed by atoms with E-state index in [1.807, 2.05) is 36.4 Å². The van der Waals surface area contributed by atoms with Crippen LogP contribution in [0.1, 0.15) is 0 Å². The molecule has 0 spiro atoms. The molecule has 0 atom stereocenters. The summed E-state index contributed by atoms with van der Waals surface area (Å²) in [6.45, 7) is 1.48. The van der Waals surface area contributed by atoms with Gasteiger partial charge in [0, 0.05) is 5.69 Å². The summed E-state index contributed by atoms with van der Waals surface area (Å²) >= 11 is 0. The average molecular weight is 245 g/mol. The van der Waals surface area contributed by atoms with Crippen molar-refractivity contribution < 1.29 is 9.59 Å². The van der Waals surface area contributed by atoms with Crippen LogP contribution < -0.4 is 10.9 Å². The number of nitrogen functional groups attached to an aromatic ring is 1. The Morgan fingerprint density at radius 3 is 1.65 bits per heavy atom. The van der Waals surface area contributed by atoms with E-state index in [1.165, 1.54) is 6.55 Å². The van der Waals surface area contributed by atoms with Crippen molar-refractivity contribution in [2.45, 2.75) is 6.55 Å². The lowest BCUT2D eigenvalue weighted by Crippen LogP contribution is -2.44. The van der Waals surface area contributed by atoms with Crippen molar-refractivity contribution in [1.82, 2.24) is 0 Å². The first-order chi connectivity index (χ1) is 7.97. The van der Waals surface area contributed by atoms with E-state index >= 15 is 0 Å². The van der Waals surface area contributed by atoms with Crippen LogP contribution in [0.3, 0.4) is 0 Å². The molecule has 0 radical (unpaired) electrons. The molecule has 0 heterocycles. The quantitative estimate of drug-likeness (QED) is 0.550.